The number of hydrogen-bond acceptors (Lipinski definition) is 4. The van der Waals surface area contributed by atoms with Gasteiger partial charge in [-0.2, -0.15) is 0 Å². The fourth-order valence-electron chi connectivity index (χ4n) is 4.15. The van der Waals surface area contributed by atoms with Gasteiger partial charge in [0.2, 0.25) is 0 Å². The number of aromatic nitrogens is 1. The van der Waals surface area contributed by atoms with Gasteiger partial charge in [0.1, 0.15) is 12.4 Å². The van der Waals surface area contributed by atoms with Crippen molar-refractivity contribution < 1.29 is 24.1 Å². The van der Waals surface area contributed by atoms with E-state index in [1.807, 2.05) is 44.2 Å². The van der Waals surface area contributed by atoms with E-state index in [2.05, 4.69) is 16.7 Å². The minimum absolute atomic E-state index is 0.0834. The van der Waals surface area contributed by atoms with Crippen molar-refractivity contribution in [1.82, 2.24) is 4.57 Å². The Labute approximate surface area is 176 Å². The van der Waals surface area contributed by atoms with Crippen molar-refractivity contribution in [2.45, 2.75) is 45.8 Å². The number of carbonyl (C=O) groups is 1. The Morgan fingerprint density at radius 1 is 1.03 bits per heavy atom. The molecule has 30 heavy (non-hydrogen) atoms. The van der Waals surface area contributed by atoms with Gasteiger partial charge in [0.25, 0.3) is 0 Å². The topological polar surface area (TPSA) is 69.9 Å². The molecule has 3 aromatic rings. The molecule has 1 atom stereocenters. The molecule has 158 valence electrons. The quantitative estimate of drug-likeness (QED) is 0.540. The van der Waals surface area contributed by atoms with E-state index in [4.69, 9.17) is 19.3 Å². The molecule has 0 unspecified atom stereocenters. The standard InChI is InChI=1S/C24H27NO5/c1-3-28-22-8-5-16(11-23(22)29-4-2)15-30-19-6-7-20-18(12-19)13-21-17(14-24(26)27)9-10-25(20)21/h5-8,11-13,17H,3-4,9-10,14-15H2,1-2H3,(H,26,27)/t17-/m1/s1. The highest BCUT2D eigenvalue weighted by atomic mass is 16.5. The highest BCUT2D eigenvalue weighted by Crippen LogP contribution is 2.37. The second-order valence-electron chi connectivity index (χ2n) is 7.46. The SMILES string of the molecule is CCOc1ccc(COc2ccc3c(c2)cc2n3CC[C@@H]2CC(=O)O)cc1OCC. The number of hydrogen-bond donors (Lipinski definition) is 1. The summed E-state index contributed by atoms with van der Waals surface area (Å²) in [4.78, 5) is 11.1. The van der Waals surface area contributed by atoms with Crippen LogP contribution in [-0.4, -0.2) is 28.9 Å². The smallest absolute Gasteiger partial charge is 0.304 e. The van der Waals surface area contributed by atoms with Crippen LogP contribution in [0.15, 0.2) is 42.5 Å². The van der Waals surface area contributed by atoms with E-state index < -0.39 is 5.97 Å². The number of carboxylic acid groups (broad SMARTS) is 1. The van der Waals surface area contributed by atoms with Crippen molar-refractivity contribution in [3.05, 3.63) is 53.7 Å². The molecule has 1 aromatic heterocycles. The lowest BCUT2D eigenvalue weighted by Crippen LogP contribution is -2.02. The maximum Gasteiger partial charge on any atom is 0.304 e. The van der Waals surface area contributed by atoms with Crippen LogP contribution in [0.1, 0.15) is 43.9 Å². The van der Waals surface area contributed by atoms with E-state index in [9.17, 15) is 4.79 Å². The molecule has 6 nitrogen and oxygen atoms in total. The first kappa shape index (κ1) is 20.1. The summed E-state index contributed by atoms with van der Waals surface area (Å²) in [5.74, 6) is 1.59. The lowest BCUT2D eigenvalue weighted by Gasteiger charge is -2.13. The summed E-state index contributed by atoms with van der Waals surface area (Å²) in [5, 5.41) is 10.2. The van der Waals surface area contributed by atoms with E-state index in [1.165, 1.54) is 0 Å². The second-order valence-corrected chi connectivity index (χ2v) is 7.46. The molecule has 4 rings (SSSR count). The highest BCUT2D eigenvalue weighted by molar-refractivity contribution is 5.83. The Balaban J connectivity index is 1.50. The van der Waals surface area contributed by atoms with Crippen LogP contribution in [0.25, 0.3) is 10.9 Å². The van der Waals surface area contributed by atoms with Crippen molar-refractivity contribution in [2.24, 2.45) is 0 Å². The molecule has 1 N–H and O–H groups in total. The van der Waals surface area contributed by atoms with Gasteiger partial charge in [-0.25, -0.2) is 0 Å². The van der Waals surface area contributed by atoms with Gasteiger partial charge in [-0.15, -0.1) is 0 Å². The monoisotopic (exact) mass is 409 g/mol. The van der Waals surface area contributed by atoms with E-state index in [0.717, 1.165) is 52.4 Å². The Hall–Kier alpha value is -3.15. The third-order valence-corrected chi connectivity index (χ3v) is 5.46. The Kier molecular flexibility index (Phi) is 5.84. The summed E-state index contributed by atoms with van der Waals surface area (Å²) in [7, 11) is 0. The Bertz CT molecular complexity index is 1060. The molecule has 1 aliphatic heterocycles. The third-order valence-electron chi connectivity index (χ3n) is 5.46. The molecule has 0 saturated heterocycles. The number of ether oxygens (including phenoxy) is 3. The van der Waals surface area contributed by atoms with Gasteiger partial charge in [0.05, 0.1) is 19.6 Å². The zero-order chi connectivity index (χ0) is 21.1. The van der Waals surface area contributed by atoms with E-state index in [-0.39, 0.29) is 12.3 Å². The lowest BCUT2D eigenvalue weighted by atomic mass is 10.0. The van der Waals surface area contributed by atoms with Crippen LogP contribution in [0, 0.1) is 0 Å². The van der Waals surface area contributed by atoms with E-state index in [1.54, 1.807) is 0 Å². The average Bonchev–Trinajstić information content (AvgIpc) is 3.27. The molecular weight excluding hydrogens is 382 g/mol. The van der Waals surface area contributed by atoms with Gasteiger partial charge >= 0.3 is 5.97 Å². The van der Waals surface area contributed by atoms with Gasteiger partial charge in [0, 0.05) is 29.1 Å². The van der Waals surface area contributed by atoms with Crippen molar-refractivity contribution >= 4 is 16.9 Å². The minimum atomic E-state index is -0.746. The molecule has 0 aliphatic carbocycles. The molecule has 6 heteroatoms. The van der Waals surface area contributed by atoms with Crippen LogP contribution >= 0.6 is 0 Å². The van der Waals surface area contributed by atoms with Gasteiger partial charge in [-0.3, -0.25) is 4.79 Å². The number of aryl methyl sites for hydroxylation is 1. The van der Waals surface area contributed by atoms with Crippen LogP contribution in [0.5, 0.6) is 17.2 Å². The van der Waals surface area contributed by atoms with E-state index >= 15 is 0 Å². The van der Waals surface area contributed by atoms with Gasteiger partial charge in [-0.1, -0.05) is 6.07 Å². The molecule has 0 spiro atoms. The maximum atomic E-state index is 11.1. The number of carboxylic acids is 1. The molecule has 1 aliphatic rings. The number of aliphatic carboxylic acids is 1. The van der Waals surface area contributed by atoms with Crippen molar-refractivity contribution in [1.29, 1.82) is 0 Å². The van der Waals surface area contributed by atoms with Gasteiger partial charge < -0.3 is 23.9 Å². The number of fused-ring (bicyclic) bond motifs is 3. The van der Waals surface area contributed by atoms with Crippen LogP contribution < -0.4 is 14.2 Å². The van der Waals surface area contributed by atoms with Gasteiger partial charge in [0.15, 0.2) is 11.5 Å². The third kappa shape index (κ3) is 4.08. The van der Waals surface area contributed by atoms with Crippen molar-refractivity contribution in [2.75, 3.05) is 13.2 Å². The molecule has 0 bridgehead atoms. The predicted molar refractivity (Wildman–Crippen MR) is 115 cm³/mol. The Morgan fingerprint density at radius 3 is 2.60 bits per heavy atom. The van der Waals surface area contributed by atoms with Crippen molar-refractivity contribution in [3.63, 3.8) is 0 Å². The zero-order valence-corrected chi connectivity index (χ0v) is 17.4. The number of nitrogens with zero attached hydrogens (tertiary/aromatic N) is 1. The van der Waals surface area contributed by atoms with Crippen molar-refractivity contribution in [3.8, 4) is 17.2 Å². The minimum Gasteiger partial charge on any atom is -0.490 e. The summed E-state index contributed by atoms with van der Waals surface area (Å²) in [6, 6.07) is 14.0. The normalized spacial score (nSPS) is 15.2. The molecule has 0 saturated carbocycles. The molecule has 0 fully saturated rings. The zero-order valence-electron chi connectivity index (χ0n) is 17.4. The molecule has 0 amide bonds. The molecule has 2 aromatic carbocycles. The summed E-state index contributed by atoms with van der Waals surface area (Å²) in [5.41, 5.74) is 3.24. The summed E-state index contributed by atoms with van der Waals surface area (Å²) >= 11 is 0. The maximum absolute atomic E-state index is 11.1. The first-order valence-electron chi connectivity index (χ1n) is 10.4. The second kappa shape index (κ2) is 8.69. The Morgan fingerprint density at radius 2 is 1.83 bits per heavy atom. The average molecular weight is 409 g/mol. The summed E-state index contributed by atoms with van der Waals surface area (Å²) in [6.45, 7) is 6.35. The first-order valence-corrected chi connectivity index (χ1v) is 10.4. The molecule has 2 heterocycles. The summed E-state index contributed by atoms with van der Waals surface area (Å²) < 4.78 is 19.6. The lowest BCUT2D eigenvalue weighted by molar-refractivity contribution is -0.137. The van der Waals surface area contributed by atoms with Crippen LogP contribution in [0.3, 0.4) is 0 Å². The summed E-state index contributed by atoms with van der Waals surface area (Å²) in [6.07, 6.45) is 1.06. The highest BCUT2D eigenvalue weighted by Gasteiger charge is 2.26. The first-order chi connectivity index (χ1) is 14.6. The predicted octanol–water partition coefficient (Wildman–Crippen LogP) is 4.98. The number of benzene rings is 2. The van der Waals surface area contributed by atoms with Gasteiger partial charge in [-0.05, 0) is 62.2 Å². The largest absolute Gasteiger partial charge is 0.490 e. The van der Waals surface area contributed by atoms with E-state index in [0.29, 0.717) is 19.8 Å². The fourth-order valence-corrected chi connectivity index (χ4v) is 4.15. The molecule has 0 radical (unpaired) electrons. The van der Waals surface area contributed by atoms with Crippen LogP contribution in [0.4, 0.5) is 0 Å². The van der Waals surface area contributed by atoms with Crippen LogP contribution in [0.2, 0.25) is 0 Å². The fraction of sp³-hybridized carbons (Fsp3) is 0.375. The van der Waals surface area contributed by atoms with Crippen LogP contribution in [-0.2, 0) is 17.9 Å². The molecular formula is C24H27NO5. The number of rotatable bonds is 9.